The van der Waals surface area contributed by atoms with Gasteiger partial charge in [0, 0.05) is 71.5 Å². The van der Waals surface area contributed by atoms with E-state index in [9.17, 15) is 0 Å². The molecule has 104 heavy (non-hydrogen) atoms. The highest BCUT2D eigenvalue weighted by Crippen LogP contribution is 2.68. The van der Waals surface area contributed by atoms with Crippen LogP contribution in [0.5, 0.6) is 0 Å². The predicted octanol–water partition coefficient (Wildman–Crippen LogP) is 30.6. The van der Waals surface area contributed by atoms with Crippen molar-refractivity contribution in [3.05, 3.63) is 202 Å². The molecule has 0 spiro atoms. The van der Waals surface area contributed by atoms with E-state index >= 15 is 0 Å². The minimum Gasteiger partial charge on any atom is -0.456 e. The van der Waals surface area contributed by atoms with Crippen LogP contribution in [0.25, 0.3) is 99.2 Å². The van der Waals surface area contributed by atoms with Gasteiger partial charge in [-0.3, -0.25) is 0 Å². The molecule has 0 radical (unpaired) electrons. The number of para-hydroxylation sites is 3. The van der Waals surface area contributed by atoms with E-state index in [1.807, 2.05) is 0 Å². The van der Waals surface area contributed by atoms with Gasteiger partial charge in [-0.25, -0.2) is 0 Å². The molecule has 3 aromatic heterocycles. The Hall–Kier alpha value is -7.82. The minimum absolute atomic E-state index is 0.0960. The van der Waals surface area contributed by atoms with Crippen molar-refractivity contribution in [2.24, 2.45) is 5.92 Å². The first-order valence-electron chi connectivity index (χ1n) is 42.1. The fourth-order valence-electron chi connectivity index (χ4n) is 22.5. The molecule has 5 aliphatic carbocycles. The third kappa shape index (κ3) is 11.4. The van der Waals surface area contributed by atoms with E-state index in [1.54, 1.807) is 33.4 Å². The Balaban J connectivity index is 0.856. The molecule has 5 aliphatic rings. The molecule has 1 saturated carbocycles. The Bertz CT molecular complexity index is 5120. The number of anilines is 2. The van der Waals surface area contributed by atoms with Gasteiger partial charge >= 0.3 is 0 Å². The van der Waals surface area contributed by atoms with Gasteiger partial charge in [0.25, 0.3) is 0 Å². The minimum atomic E-state index is -0.186. The first-order chi connectivity index (χ1) is 50.9. The van der Waals surface area contributed by atoms with E-state index in [0.717, 1.165) is 65.6 Å². The molecule has 0 amide bonds. The zero-order valence-corrected chi connectivity index (χ0v) is 64.3. The zero-order chi connectivity index (χ0) is 70.9. The summed E-state index contributed by atoms with van der Waals surface area (Å²) in [6.45, 7) is 19.8. The first-order valence-corrected chi connectivity index (χ1v) is 42.1. The van der Waals surface area contributed by atoms with E-state index in [-0.39, 0.29) is 27.7 Å². The summed E-state index contributed by atoms with van der Waals surface area (Å²) >= 11 is 0. The topological polar surface area (TPSA) is 42.7 Å². The number of unbranched alkanes of at least 4 members (excludes halogenated alkanes) is 20. The van der Waals surface area contributed by atoms with Crippen LogP contribution in [0.15, 0.2) is 171 Å². The lowest BCUT2D eigenvalue weighted by Crippen LogP contribution is -2.41. The van der Waals surface area contributed by atoms with Crippen molar-refractivity contribution in [3.63, 3.8) is 0 Å². The van der Waals surface area contributed by atoms with Crippen LogP contribution in [0, 0.1) is 5.92 Å². The van der Waals surface area contributed by atoms with Gasteiger partial charge in [-0.1, -0.05) is 300 Å². The molecule has 17 rings (SSSR count). The number of hydrogen-bond acceptors (Lipinski definition) is 4. The smallest absolute Gasteiger partial charge is 0.143 e. The molecule has 4 heteroatoms. The lowest BCUT2D eigenvalue weighted by molar-refractivity contribution is 0.212. The second-order valence-electron chi connectivity index (χ2n) is 34.4. The molecular formula is C100H115NO3. The monoisotopic (exact) mass is 1380 g/mol. The second-order valence-corrected chi connectivity index (χ2v) is 34.4. The van der Waals surface area contributed by atoms with Crippen LogP contribution in [0.2, 0.25) is 0 Å². The fraction of sp³-hybridized carbons (Fsp3) is 0.460. The number of hydrogen-bond donors (Lipinski definition) is 0. The summed E-state index contributed by atoms with van der Waals surface area (Å²) in [5, 5.41) is 7.64. The van der Waals surface area contributed by atoms with Crippen LogP contribution in [-0.2, 0) is 21.7 Å². The summed E-state index contributed by atoms with van der Waals surface area (Å²) in [6, 6.07) is 62.3. The number of fused-ring (bicyclic) bond motifs is 25. The summed E-state index contributed by atoms with van der Waals surface area (Å²) in [4.78, 5) is 2.90. The maximum Gasteiger partial charge on any atom is 0.143 e. The van der Waals surface area contributed by atoms with Crippen LogP contribution in [0.1, 0.15) is 305 Å². The third-order valence-electron chi connectivity index (χ3n) is 27.6. The average Bonchev–Trinajstić information content (AvgIpc) is 1.51. The highest BCUT2D eigenvalue weighted by molar-refractivity contribution is 6.17. The molecule has 4 nitrogen and oxygen atoms in total. The van der Waals surface area contributed by atoms with E-state index in [2.05, 4.69) is 218 Å². The van der Waals surface area contributed by atoms with Gasteiger partial charge in [0.2, 0.25) is 0 Å². The molecule has 12 aromatic rings. The number of rotatable bonds is 31. The van der Waals surface area contributed by atoms with Crippen molar-refractivity contribution in [2.75, 3.05) is 4.90 Å². The standard InChI is InChI=1S/C100H115NO3/c1-9-13-17-21-25-37-57-99(58-38-26-22-18-14-10-2)79-54-56-88-90(73-43-31-35-47-85(73)103-88)89(79)77-65-82-75(64-83(77)99)69-52-49-68(63-81(69)100(82,59-39-27-23-19-15-11-3)60-40-28-24-20-16-12-4)101(66-51-55-87-76(61-66)70-41-30-34-46-84(70)102-87)67-50-53-72-80(62-67)98(7,8)94-91(72)92-74-44-32-36-48-86(74)104-96(92)93-71-42-29-33-45-78(71)97(5,6)95(93)94/h29-36,41-49,51-52,54-56,61,63-65,67,72,80H,9-28,37-40,50,53,57-60,62H2,1-8H3. The Morgan fingerprint density at radius 1 is 0.356 bits per heavy atom. The average molecular weight is 1380 g/mol. The fourth-order valence-corrected chi connectivity index (χ4v) is 22.5. The van der Waals surface area contributed by atoms with E-state index in [1.165, 1.54) is 255 Å². The van der Waals surface area contributed by atoms with Gasteiger partial charge in [-0.2, -0.15) is 0 Å². The summed E-state index contributed by atoms with van der Waals surface area (Å²) in [5.41, 5.74) is 29.3. The Kier molecular flexibility index (Phi) is 19.0. The SMILES string of the molecule is CCCCCCCCC1(CCCCCCCC)c2cc(N(c3ccc4oc5ccccc5c4c3)C3CCC4c5c(c6c(c7oc8ccccc8c57)-c5ccccc5C6(C)C)C(C)(C)C4C3)ccc2-c2cc3c(cc21)-c1c(ccc2oc4ccccc4c12)C3(CCCCCCCC)CCCCCCCC. The van der Waals surface area contributed by atoms with E-state index in [0.29, 0.717) is 11.8 Å². The highest BCUT2D eigenvalue weighted by Gasteiger charge is 2.56. The van der Waals surface area contributed by atoms with Crippen LogP contribution in [-0.4, -0.2) is 6.04 Å². The predicted molar refractivity (Wildman–Crippen MR) is 442 cm³/mol. The Labute approximate surface area is 621 Å². The van der Waals surface area contributed by atoms with Crippen molar-refractivity contribution < 1.29 is 13.3 Å². The van der Waals surface area contributed by atoms with Crippen molar-refractivity contribution in [1.29, 1.82) is 0 Å². The lowest BCUT2D eigenvalue weighted by atomic mass is 9.66. The van der Waals surface area contributed by atoms with Crippen molar-refractivity contribution in [1.82, 2.24) is 0 Å². The van der Waals surface area contributed by atoms with Gasteiger partial charge < -0.3 is 18.2 Å². The van der Waals surface area contributed by atoms with Crippen molar-refractivity contribution in [2.45, 2.75) is 288 Å². The second kappa shape index (κ2) is 28.5. The highest BCUT2D eigenvalue weighted by atomic mass is 16.3. The molecule has 0 N–H and O–H groups in total. The van der Waals surface area contributed by atoms with Gasteiger partial charge in [0.15, 0.2) is 0 Å². The van der Waals surface area contributed by atoms with Crippen LogP contribution in [0.4, 0.5) is 11.4 Å². The largest absolute Gasteiger partial charge is 0.456 e. The Morgan fingerprint density at radius 3 is 1.48 bits per heavy atom. The maximum atomic E-state index is 7.24. The molecule has 0 bridgehead atoms. The number of furan rings is 3. The molecule has 1 fully saturated rings. The molecule has 9 aromatic carbocycles. The Morgan fingerprint density at radius 2 is 0.837 bits per heavy atom. The van der Waals surface area contributed by atoms with Crippen LogP contribution >= 0.6 is 0 Å². The van der Waals surface area contributed by atoms with Gasteiger partial charge in [0.05, 0.1) is 0 Å². The number of nitrogens with zero attached hydrogens (tertiary/aromatic N) is 1. The molecule has 3 atom stereocenters. The van der Waals surface area contributed by atoms with Gasteiger partial charge in [-0.15, -0.1) is 0 Å². The van der Waals surface area contributed by atoms with Crippen molar-refractivity contribution in [3.8, 4) is 33.4 Å². The molecule has 538 valence electrons. The van der Waals surface area contributed by atoms with Crippen LogP contribution < -0.4 is 4.90 Å². The maximum absolute atomic E-state index is 7.24. The summed E-state index contributed by atoms with van der Waals surface area (Å²) in [7, 11) is 0. The third-order valence-corrected chi connectivity index (χ3v) is 27.6. The first kappa shape index (κ1) is 69.2. The van der Waals surface area contributed by atoms with Gasteiger partial charge in [0.1, 0.15) is 33.5 Å². The summed E-state index contributed by atoms with van der Waals surface area (Å²) in [5.74, 6) is 0.793. The zero-order valence-electron chi connectivity index (χ0n) is 64.3. The van der Waals surface area contributed by atoms with E-state index < -0.39 is 0 Å². The summed E-state index contributed by atoms with van der Waals surface area (Å²) in [6.07, 6.45) is 39.1. The lowest BCUT2D eigenvalue weighted by Gasteiger charge is -2.44. The van der Waals surface area contributed by atoms with Crippen molar-refractivity contribution >= 4 is 77.2 Å². The molecule has 0 saturated heterocycles. The molecule has 3 unspecified atom stereocenters. The quantitative estimate of drug-likeness (QED) is 0.0406. The summed E-state index contributed by atoms with van der Waals surface area (Å²) < 4.78 is 20.9. The number of benzene rings is 9. The van der Waals surface area contributed by atoms with Gasteiger partial charge in [-0.05, 0) is 201 Å². The van der Waals surface area contributed by atoms with Crippen LogP contribution in [0.3, 0.4) is 0 Å². The van der Waals surface area contributed by atoms with E-state index in [4.69, 9.17) is 13.3 Å². The molecule has 3 heterocycles. The normalized spacial score (nSPS) is 18.2. The molecule has 0 aliphatic heterocycles. The molecular weight excluding hydrogens is 1260 g/mol.